The molecule has 0 bridgehead atoms. The fourth-order valence-electron chi connectivity index (χ4n) is 3.60. The molecule has 2 amide bonds. The summed E-state index contributed by atoms with van der Waals surface area (Å²) in [6.07, 6.45) is 0.690. The van der Waals surface area contributed by atoms with Crippen molar-refractivity contribution in [3.8, 4) is 0 Å². The molecule has 2 aromatic carbocycles. The lowest BCUT2D eigenvalue weighted by Crippen LogP contribution is -2.50. The molecule has 2 aromatic rings. The second kappa shape index (κ2) is 10.8. The number of halogens is 2. The van der Waals surface area contributed by atoms with Gasteiger partial charge in [0.1, 0.15) is 6.04 Å². The molecule has 1 atom stereocenters. The molecule has 0 fully saturated rings. The van der Waals surface area contributed by atoms with E-state index in [4.69, 9.17) is 23.2 Å². The number of hydrogen-bond donors (Lipinski definition) is 1. The molecule has 0 aliphatic rings. The molecule has 1 unspecified atom stereocenters. The number of benzene rings is 2. The molecule has 0 saturated heterocycles. The number of nitrogens with one attached hydrogen (secondary N) is 1. The molecule has 0 aliphatic heterocycles. The Hall–Kier alpha value is -2.04. The standard InChI is InChI=1S/C24H30Cl2N2O2/c1-6-22(24(30)27-15(2)3)28(14-19-20(25)8-7-9-21(19)26)23(29)13-18-11-16(4)10-17(5)12-18/h7-12,15,22H,6,13-14H2,1-5H3,(H,27,30). The third-order valence-electron chi connectivity index (χ3n) is 4.84. The molecule has 2 rings (SSSR count). The number of aryl methyl sites for hydroxylation is 2. The number of nitrogens with zero attached hydrogens (tertiary/aromatic N) is 1. The Labute approximate surface area is 189 Å². The van der Waals surface area contributed by atoms with Gasteiger partial charge in [-0.3, -0.25) is 9.59 Å². The maximum Gasteiger partial charge on any atom is 0.243 e. The van der Waals surface area contributed by atoms with Crippen molar-refractivity contribution in [2.75, 3.05) is 0 Å². The quantitative estimate of drug-likeness (QED) is 0.580. The SMILES string of the molecule is CCC(C(=O)NC(C)C)N(Cc1c(Cl)cccc1Cl)C(=O)Cc1cc(C)cc(C)c1. The zero-order valence-electron chi connectivity index (χ0n) is 18.3. The van der Waals surface area contributed by atoms with Gasteiger partial charge >= 0.3 is 0 Å². The maximum atomic E-state index is 13.4. The molecule has 1 N–H and O–H groups in total. The van der Waals surface area contributed by atoms with E-state index in [1.54, 1.807) is 23.1 Å². The van der Waals surface area contributed by atoms with Gasteiger partial charge in [0, 0.05) is 28.2 Å². The van der Waals surface area contributed by atoms with Gasteiger partial charge in [-0.1, -0.05) is 65.5 Å². The number of hydrogen-bond acceptors (Lipinski definition) is 2. The largest absolute Gasteiger partial charge is 0.352 e. The van der Waals surface area contributed by atoms with Crippen LogP contribution >= 0.6 is 23.2 Å². The third-order valence-corrected chi connectivity index (χ3v) is 5.55. The fourth-order valence-corrected chi connectivity index (χ4v) is 4.12. The summed E-state index contributed by atoms with van der Waals surface area (Å²) >= 11 is 12.7. The highest BCUT2D eigenvalue weighted by Crippen LogP contribution is 2.27. The molecule has 0 saturated carbocycles. The second-order valence-corrected chi connectivity index (χ2v) is 8.80. The molecule has 0 heterocycles. The molecular formula is C24H30Cl2N2O2. The van der Waals surface area contributed by atoms with E-state index in [-0.39, 0.29) is 30.8 Å². The predicted molar refractivity (Wildman–Crippen MR) is 124 cm³/mol. The van der Waals surface area contributed by atoms with Crippen LogP contribution in [-0.4, -0.2) is 28.8 Å². The van der Waals surface area contributed by atoms with Crippen molar-refractivity contribution in [3.05, 3.63) is 68.7 Å². The molecule has 6 heteroatoms. The van der Waals surface area contributed by atoms with E-state index in [0.717, 1.165) is 16.7 Å². The van der Waals surface area contributed by atoms with Gasteiger partial charge in [0.25, 0.3) is 0 Å². The van der Waals surface area contributed by atoms with Gasteiger partial charge in [-0.2, -0.15) is 0 Å². The molecule has 30 heavy (non-hydrogen) atoms. The van der Waals surface area contributed by atoms with E-state index in [1.165, 1.54) is 0 Å². The summed E-state index contributed by atoms with van der Waals surface area (Å²) < 4.78 is 0. The first-order chi connectivity index (χ1) is 14.1. The average Bonchev–Trinajstić information content (AvgIpc) is 2.62. The van der Waals surface area contributed by atoms with E-state index >= 15 is 0 Å². The van der Waals surface area contributed by atoms with E-state index in [0.29, 0.717) is 22.0 Å². The normalized spacial score (nSPS) is 12.0. The second-order valence-electron chi connectivity index (χ2n) is 7.98. The van der Waals surface area contributed by atoms with E-state index in [9.17, 15) is 9.59 Å². The predicted octanol–water partition coefficient (Wildman–Crippen LogP) is 5.48. The molecular weight excluding hydrogens is 419 g/mol. The first-order valence-electron chi connectivity index (χ1n) is 10.2. The van der Waals surface area contributed by atoms with Gasteiger partial charge in [-0.05, 0) is 51.8 Å². The summed E-state index contributed by atoms with van der Waals surface area (Å²) in [5.41, 5.74) is 3.77. The van der Waals surface area contributed by atoms with Crippen LogP contribution in [0.15, 0.2) is 36.4 Å². The van der Waals surface area contributed by atoms with Gasteiger partial charge in [-0.15, -0.1) is 0 Å². The van der Waals surface area contributed by atoms with Crippen molar-refractivity contribution in [2.45, 2.75) is 66.1 Å². The number of carbonyl (C=O) groups excluding carboxylic acids is 2. The Kier molecular flexibility index (Phi) is 8.75. The summed E-state index contributed by atoms with van der Waals surface area (Å²) in [6, 6.07) is 10.7. The highest BCUT2D eigenvalue weighted by atomic mass is 35.5. The Morgan fingerprint density at radius 2 is 1.60 bits per heavy atom. The maximum absolute atomic E-state index is 13.4. The number of rotatable bonds is 8. The van der Waals surface area contributed by atoms with Gasteiger partial charge in [-0.25, -0.2) is 0 Å². The molecule has 0 spiro atoms. The first kappa shape index (κ1) is 24.2. The minimum atomic E-state index is -0.613. The van der Waals surface area contributed by atoms with E-state index < -0.39 is 6.04 Å². The van der Waals surface area contributed by atoms with Crippen molar-refractivity contribution in [1.29, 1.82) is 0 Å². The Morgan fingerprint density at radius 1 is 1.03 bits per heavy atom. The summed E-state index contributed by atoms with van der Waals surface area (Å²) in [7, 11) is 0. The van der Waals surface area contributed by atoms with Crippen LogP contribution in [0.3, 0.4) is 0 Å². The van der Waals surface area contributed by atoms with Crippen molar-refractivity contribution in [2.24, 2.45) is 0 Å². The summed E-state index contributed by atoms with van der Waals surface area (Å²) in [5, 5.41) is 3.88. The summed E-state index contributed by atoms with van der Waals surface area (Å²) in [5.74, 6) is -0.314. The Morgan fingerprint density at radius 3 is 2.10 bits per heavy atom. The van der Waals surface area contributed by atoms with Crippen molar-refractivity contribution < 1.29 is 9.59 Å². The Bertz CT molecular complexity index is 872. The first-order valence-corrected chi connectivity index (χ1v) is 11.0. The molecule has 4 nitrogen and oxygen atoms in total. The van der Waals surface area contributed by atoms with Crippen molar-refractivity contribution >= 4 is 35.0 Å². The lowest BCUT2D eigenvalue weighted by atomic mass is 10.0. The highest BCUT2D eigenvalue weighted by Gasteiger charge is 2.30. The van der Waals surface area contributed by atoms with Crippen LogP contribution < -0.4 is 5.32 Å². The van der Waals surface area contributed by atoms with Crippen LogP contribution in [0, 0.1) is 13.8 Å². The van der Waals surface area contributed by atoms with Crippen LogP contribution in [0.2, 0.25) is 10.0 Å². The van der Waals surface area contributed by atoms with Crippen LogP contribution in [0.4, 0.5) is 0 Å². The van der Waals surface area contributed by atoms with Gasteiger partial charge in [0.2, 0.25) is 11.8 Å². The lowest BCUT2D eigenvalue weighted by molar-refractivity contribution is -0.141. The number of amides is 2. The van der Waals surface area contributed by atoms with Gasteiger partial charge in [0.05, 0.1) is 6.42 Å². The Balaban J connectivity index is 2.40. The fraction of sp³-hybridized carbons (Fsp3) is 0.417. The van der Waals surface area contributed by atoms with Crippen LogP contribution in [-0.2, 0) is 22.6 Å². The minimum absolute atomic E-state index is 0.0215. The topological polar surface area (TPSA) is 49.4 Å². The highest BCUT2D eigenvalue weighted by molar-refractivity contribution is 6.36. The molecule has 0 aromatic heterocycles. The zero-order chi connectivity index (χ0) is 22.4. The summed E-state index contributed by atoms with van der Waals surface area (Å²) in [6.45, 7) is 9.89. The van der Waals surface area contributed by atoms with Gasteiger partial charge < -0.3 is 10.2 Å². The van der Waals surface area contributed by atoms with E-state index in [1.807, 2.05) is 46.8 Å². The molecule has 0 radical (unpaired) electrons. The molecule has 162 valence electrons. The minimum Gasteiger partial charge on any atom is -0.352 e. The van der Waals surface area contributed by atoms with E-state index in [2.05, 4.69) is 11.4 Å². The molecule has 0 aliphatic carbocycles. The smallest absolute Gasteiger partial charge is 0.243 e. The van der Waals surface area contributed by atoms with Crippen molar-refractivity contribution in [3.63, 3.8) is 0 Å². The zero-order valence-corrected chi connectivity index (χ0v) is 19.8. The summed E-state index contributed by atoms with van der Waals surface area (Å²) in [4.78, 5) is 27.9. The monoisotopic (exact) mass is 448 g/mol. The van der Waals surface area contributed by atoms with Gasteiger partial charge in [0.15, 0.2) is 0 Å². The van der Waals surface area contributed by atoms with Crippen molar-refractivity contribution in [1.82, 2.24) is 10.2 Å². The van der Waals surface area contributed by atoms with Crippen LogP contribution in [0.5, 0.6) is 0 Å². The average molecular weight is 449 g/mol. The third kappa shape index (κ3) is 6.48. The lowest BCUT2D eigenvalue weighted by Gasteiger charge is -2.32. The number of carbonyl (C=O) groups is 2. The van der Waals surface area contributed by atoms with Crippen LogP contribution in [0.25, 0.3) is 0 Å². The van der Waals surface area contributed by atoms with Crippen LogP contribution in [0.1, 0.15) is 49.4 Å².